The largest absolute Gasteiger partial charge is 0.425 e. The first kappa shape index (κ1) is 21.0. The Kier molecular flexibility index (Phi) is 4.62. The third-order valence-electron chi connectivity index (χ3n) is 6.54. The maximum absolute atomic E-state index is 13.0. The minimum atomic E-state index is -0.401. The molecular weight excluding hydrogens is 466 g/mol. The number of nitrogens with two attached hydrogens (primary N) is 1. The number of hydrogen-bond donors (Lipinski definition) is 2. The van der Waals surface area contributed by atoms with Crippen molar-refractivity contribution >= 4 is 38.5 Å². The third-order valence-corrected chi connectivity index (χ3v) is 6.54. The van der Waals surface area contributed by atoms with Crippen LogP contribution in [-0.4, -0.2) is 29.9 Å². The summed E-state index contributed by atoms with van der Waals surface area (Å²) < 4.78 is 7.63. The first-order valence-electron chi connectivity index (χ1n) is 11.7. The molecule has 0 atom stereocenters. The van der Waals surface area contributed by atoms with Crippen LogP contribution in [0, 0.1) is 0 Å². The smallest absolute Gasteiger partial charge is 0.343 e. The van der Waals surface area contributed by atoms with Gasteiger partial charge in [0.2, 0.25) is 0 Å². The van der Waals surface area contributed by atoms with Crippen LogP contribution in [0.4, 0.5) is 5.82 Å². The van der Waals surface area contributed by atoms with Gasteiger partial charge in [0.05, 0.1) is 22.5 Å². The Balaban J connectivity index is 1.46. The number of fused-ring (bicyclic) bond motifs is 3. The van der Waals surface area contributed by atoms with Crippen LogP contribution in [0.3, 0.4) is 0 Å². The minimum absolute atomic E-state index is 0.172. The van der Waals surface area contributed by atoms with E-state index in [0.717, 1.165) is 33.0 Å². The molecule has 0 unspecified atom stereocenters. The molecule has 4 aromatic heterocycles. The lowest BCUT2D eigenvalue weighted by Crippen LogP contribution is -2.10. The molecule has 0 aliphatic rings. The zero-order chi connectivity index (χ0) is 24.9. The summed E-state index contributed by atoms with van der Waals surface area (Å²) in [4.78, 5) is 21.7. The van der Waals surface area contributed by atoms with E-state index in [9.17, 15) is 4.79 Å². The molecule has 0 aliphatic heterocycles. The van der Waals surface area contributed by atoms with Gasteiger partial charge in [0.15, 0.2) is 5.65 Å². The molecular formula is C28H19N7O2. The molecule has 9 heteroatoms. The molecule has 178 valence electrons. The molecule has 0 spiro atoms. The van der Waals surface area contributed by atoms with E-state index in [-0.39, 0.29) is 6.54 Å². The van der Waals surface area contributed by atoms with E-state index in [2.05, 4.69) is 20.2 Å². The van der Waals surface area contributed by atoms with E-state index in [0.29, 0.717) is 33.7 Å². The van der Waals surface area contributed by atoms with E-state index < -0.39 is 5.63 Å². The third kappa shape index (κ3) is 3.36. The number of nitrogen functional groups attached to an aromatic ring is 1. The molecule has 4 heterocycles. The van der Waals surface area contributed by atoms with Gasteiger partial charge in [0, 0.05) is 21.9 Å². The lowest BCUT2D eigenvalue weighted by Gasteiger charge is -2.12. The highest BCUT2D eigenvalue weighted by Crippen LogP contribution is 2.34. The number of rotatable bonds is 4. The van der Waals surface area contributed by atoms with Crippen LogP contribution in [0.2, 0.25) is 0 Å². The van der Waals surface area contributed by atoms with Gasteiger partial charge in [-0.2, -0.15) is 10.2 Å². The predicted octanol–water partition coefficient (Wildman–Crippen LogP) is 4.77. The van der Waals surface area contributed by atoms with Crippen molar-refractivity contribution in [3.05, 3.63) is 102 Å². The molecule has 3 N–H and O–H groups in total. The summed E-state index contributed by atoms with van der Waals surface area (Å²) in [6, 6.07) is 23.2. The zero-order valence-corrected chi connectivity index (χ0v) is 19.4. The number of H-pyrrole nitrogens is 1. The molecule has 0 radical (unpaired) electrons. The van der Waals surface area contributed by atoms with Gasteiger partial charge in [-0.3, -0.25) is 5.10 Å². The van der Waals surface area contributed by atoms with Crippen LogP contribution in [0.5, 0.6) is 0 Å². The molecule has 7 rings (SSSR count). The number of hydrogen-bond acceptors (Lipinski definition) is 7. The van der Waals surface area contributed by atoms with Crippen molar-refractivity contribution in [3.63, 3.8) is 0 Å². The Morgan fingerprint density at radius 1 is 0.919 bits per heavy atom. The second-order valence-electron chi connectivity index (χ2n) is 8.74. The number of nitrogens with zero attached hydrogens (tertiary/aromatic N) is 5. The summed E-state index contributed by atoms with van der Waals surface area (Å²) in [5.74, 6) is 0.801. The number of aromatic nitrogens is 6. The first-order valence-corrected chi connectivity index (χ1v) is 11.7. The fraction of sp³-hybridized carbons (Fsp3) is 0.0357. The fourth-order valence-electron chi connectivity index (χ4n) is 4.85. The molecule has 0 fully saturated rings. The van der Waals surface area contributed by atoms with Crippen molar-refractivity contribution in [2.45, 2.75) is 6.54 Å². The lowest BCUT2D eigenvalue weighted by atomic mass is 9.98. The maximum atomic E-state index is 13.0. The molecule has 0 saturated carbocycles. The van der Waals surface area contributed by atoms with Crippen LogP contribution in [-0.2, 0) is 6.54 Å². The summed E-state index contributed by atoms with van der Waals surface area (Å²) in [7, 11) is 0. The van der Waals surface area contributed by atoms with Gasteiger partial charge in [-0.05, 0) is 23.8 Å². The normalized spacial score (nSPS) is 11.6. The topological polar surface area (TPSA) is 129 Å². The average molecular weight is 486 g/mol. The molecule has 0 aliphatic carbocycles. The highest BCUT2D eigenvalue weighted by atomic mass is 16.4. The zero-order valence-electron chi connectivity index (χ0n) is 19.4. The Morgan fingerprint density at radius 3 is 2.59 bits per heavy atom. The maximum Gasteiger partial charge on any atom is 0.343 e. The summed E-state index contributed by atoms with van der Waals surface area (Å²) in [6.45, 7) is 0.172. The second kappa shape index (κ2) is 8.13. The molecule has 0 bridgehead atoms. The molecule has 9 nitrogen and oxygen atoms in total. The number of aromatic amines is 1. The predicted molar refractivity (Wildman–Crippen MR) is 142 cm³/mol. The first-order chi connectivity index (χ1) is 18.2. The standard InChI is InChI=1S/C28H19N7O2/c29-26-24-25(17-10-11-21-18(12-17)13-32-33-21)34-35(27(24)31-15-30-26)14-22-23(16-6-2-1-3-7-16)19-8-4-5-9-20(19)28(36)37-22/h1-13,15H,14H2,(H,32,33)(H2,29,30,31). The average Bonchev–Trinajstić information content (AvgIpc) is 3.54. The molecule has 3 aromatic carbocycles. The van der Waals surface area contributed by atoms with E-state index >= 15 is 0 Å². The van der Waals surface area contributed by atoms with Crippen LogP contribution in [0.15, 0.2) is 94.5 Å². The van der Waals surface area contributed by atoms with Gasteiger partial charge in [-0.1, -0.05) is 54.6 Å². The minimum Gasteiger partial charge on any atom is -0.425 e. The Bertz CT molecular complexity index is 2000. The molecule has 0 amide bonds. The Labute approximate surface area is 209 Å². The summed E-state index contributed by atoms with van der Waals surface area (Å²) in [5, 5.41) is 14.9. The number of nitrogens with one attached hydrogen (secondary N) is 1. The fourth-order valence-corrected chi connectivity index (χ4v) is 4.85. The van der Waals surface area contributed by atoms with Crippen molar-refractivity contribution < 1.29 is 4.42 Å². The van der Waals surface area contributed by atoms with Gasteiger partial charge >= 0.3 is 5.63 Å². The second-order valence-corrected chi connectivity index (χ2v) is 8.74. The molecule has 37 heavy (non-hydrogen) atoms. The Morgan fingerprint density at radius 2 is 1.73 bits per heavy atom. The summed E-state index contributed by atoms with van der Waals surface area (Å²) >= 11 is 0. The quantitative estimate of drug-likeness (QED) is 0.367. The van der Waals surface area contributed by atoms with Crippen LogP contribution >= 0.6 is 0 Å². The van der Waals surface area contributed by atoms with Crippen molar-refractivity contribution in [1.82, 2.24) is 29.9 Å². The van der Waals surface area contributed by atoms with Crippen molar-refractivity contribution in [1.29, 1.82) is 0 Å². The number of benzene rings is 3. The summed E-state index contributed by atoms with van der Waals surface area (Å²) in [6.07, 6.45) is 3.17. The van der Waals surface area contributed by atoms with Crippen LogP contribution in [0.1, 0.15) is 5.76 Å². The highest BCUT2D eigenvalue weighted by Gasteiger charge is 2.21. The van der Waals surface area contributed by atoms with Crippen molar-refractivity contribution in [2.75, 3.05) is 5.73 Å². The number of anilines is 1. The van der Waals surface area contributed by atoms with Crippen molar-refractivity contribution in [3.8, 4) is 22.4 Å². The van der Waals surface area contributed by atoms with E-state index in [4.69, 9.17) is 15.2 Å². The monoisotopic (exact) mass is 485 g/mol. The van der Waals surface area contributed by atoms with Crippen LogP contribution in [0.25, 0.3) is 55.1 Å². The van der Waals surface area contributed by atoms with Gasteiger partial charge in [0.25, 0.3) is 0 Å². The van der Waals surface area contributed by atoms with Gasteiger partial charge < -0.3 is 10.2 Å². The lowest BCUT2D eigenvalue weighted by molar-refractivity contribution is 0.449. The van der Waals surface area contributed by atoms with Crippen molar-refractivity contribution in [2.24, 2.45) is 0 Å². The molecule has 7 aromatic rings. The van der Waals surface area contributed by atoms with Crippen LogP contribution < -0.4 is 11.4 Å². The van der Waals surface area contributed by atoms with Gasteiger partial charge in [-0.25, -0.2) is 19.4 Å². The van der Waals surface area contributed by atoms with E-state index in [1.54, 1.807) is 16.9 Å². The highest BCUT2D eigenvalue weighted by molar-refractivity contribution is 6.00. The van der Waals surface area contributed by atoms with Gasteiger partial charge in [-0.15, -0.1) is 0 Å². The summed E-state index contributed by atoms with van der Waals surface area (Å²) in [5.41, 5.74) is 10.6. The SMILES string of the molecule is Nc1ncnc2c1c(-c1ccc3[nH]ncc3c1)nn2Cc1oc(=O)c2ccccc2c1-c1ccccc1. The van der Waals surface area contributed by atoms with E-state index in [1.165, 1.54) is 6.33 Å². The Hall–Kier alpha value is -5.31. The van der Waals surface area contributed by atoms with Gasteiger partial charge in [0.1, 0.15) is 30.1 Å². The molecule has 0 saturated heterocycles. The van der Waals surface area contributed by atoms with E-state index in [1.807, 2.05) is 66.7 Å².